The van der Waals surface area contributed by atoms with Crippen LogP contribution in [0.15, 0.2) is 33.2 Å². The zero-order valence-corrected chi connectivity index (χ0v) is 15.9. The quantitative estimate of drug-likeness (QED) is 0.690. The molecule has 0 saturated heterocycles. The van der Waals surface area contributed by atoms with E-state index in [0.29, 0.717) is 5.02 Å². The number of hydrogen-bond donors (Lipinski definition) is 1. The van der Waals surface area contributed by atoms with Gasteiger partial charge in [-0.15, -0.1) is 0 Å². The van der Waals surface area contributed by atoms with E-state index in [2.05, 4.69) is 31.9 Å². The lowest BCUT2D eigenvalue weighted by molar-refractivity contribution is 0.404. The molecule has 0 amide bonds. The molecule has 0 radical (unpaired) electrons. The van der Waals surface area contributed by atoms with Crippen LogP contribution in [-0.4, -0.2) is 7.11 Å². The smallest absolute Gasteiger partial charge is 0.127 e. The Morgan fingerprint density at radius 2 is 1.81 bits per heavy atom. The lowest BCUT2D eigenvalue weighted by atomic mass is 9.93. The Morgan fingerprint density at radius 1 is 1.14 bits per heavy atom. The molecule has 0 bridgehead atoms. The number of nitrogens with two attached hydrogens (primary N) is 1. The van der Waals surface area contributed by atoms with E-state index in [-0.39, 0.29) is 6.04 Å². The van der Waals surface area contributed by atoms with Crippen LogP contribution in [0, 0.1) is 13.8 Å². The second-order valence-corrected chi connectivity index (χ2v) is 7.01. The maximum absolute atomic E-state index is 6.48. The van der Waals surface area contributed by atoms with Crippen LogP contribution >= 0.6 is 43.5 Å². The summed E-state index contributed by atoms with van der Waals surface area (Å²) in [4.78, 5) is 0. The van der Waals surface area contributed by atoms with E-state index in [9.17, 15) is 0 Å². The molecule has 0 fully saturated rings. The summed E-state index contributed by atoms with van der Waals surface area (Å²) in [6.07, 6.45) is 0. The molecule has 0 aliphatic carbocycles. The Labute approximate surface area is 146 Å². The van der Waals surface area contributed by atoms with Crippen molar-refractivity contribution in [2.45, 2.75) is 19.9 Å². The number of aryl methyl sites for hydroxylation is 1. The van der Waals surface area contributed by atoms with Crippen LogP contribution in [0.5, 0.6) is 5.75 Å². The summed E-state index contributed by atoms with van der Waals surface area (Å²) < 4.78 is 7.44. The normalized spacial score (nSPS) is 12.3. The predicted octanol–water partition coefficient (Wildman–Crippen LogP) is 5.54. The van der Waals surface area contributed by atoms with E-state index >= 15 is 0 Å². The molecule has 2 N–H and O–H groups in total. The van der Waals surface area contributed by atoms with Gasteiger partial charge in [0.1, 0.15) is 5.75 Å². The Balaban J connectivity index is 2.62. The lowest BCUT2D eigenvalue weighted by Crippen LogP contribution is -2.15. The van der Waals surface area contributed by atoms with Crippen molar-refractivity contribution in [3.63, 3.8) is 0 Å². The molecule has 1 unspecified atom stereocenters. The van der Waals surface area contributed by atoms with Gasteiger partial charge in [-0.05, 0) is 64.7 Å². The molecule has 2 nitrogen and oxygen atoms in total. The van der Waals surface area contributed by atoms with Crippen molar-refractivity contribution < 1.29 is 4.74 Å². The molecule has 2 aromatic rings. The molecular weight excluding hydrogens is 417 g/mol. The largest absolute Gasteiger partial charge is 0.496 e. The van der Waals surface area contributed by atoms with E-state index in [4.69, 9.17) is 22.1 Å². The second-order valence-electron chi connectivity index (χ2n) is 4.90. The molecule has 0 spiro atoms. The summed E-state index contributed by atoms with van der Waals surface area (Å²) in [5.41, 5.74) is 10.5. The Morgan fingerprint density at radius 3 is 2.38 bits per heavy atom. The van der Waals surface area contributed by atoms with Gasteiger partial charge in [-0.3, -0.25) is 0 Å². The number of hydrogen-bond acceptors (Lipinski definition) is 2. The van der Waals surface area contributed by atoms with Gasteiger partial charge >= 0.3 is 0 Å². The summed E-state index contributed by atoms with van der Waals surface area (Å²) in [5.74, 6) is 0.822. The number of ether oxygens (including phenoxy) is 1. The van der Waals surface area contributed by atoms with Crippen LogP contribution in [0.2, 0.25) is 5.02 Å². The Bertz CT molecular complexity index is 688. The van der Waals surface area contributed by atoms with Crippen LogP contribution in [0.25, 0.3) is 0 Å². The lowest BCUT2D eigenvalue weighted by Gasteiger charge is -2.22. The molecule has 2 aromatic carbocycles. The molecule has 0 aromatic heterocycles. The number of methoxy groups -OCH3 is 1. The average Bonchev–Trinajstić information content (AvgIpc) is 2.44. The number of benzene rings is 2. The predicted molar refractivity (Wildman–Crippen MR) is 95.4 cm³/mol. The van der Waals surface area contributed by atoms with Gasteiger partial charge in [0, 0.05) is 14.5 Å². The van der Waals surface area contributed by atoms with E-state index in [0.717, 1.165) is 36.9 Å². The third-order valence-electron chi connectivity index (χ3n) is 3.53. The van der Waals surface area contributed by atoms with E-state index < -0.39 is 0 Å². The Kier molecular flexibility index (Phi) is 5.36. The monoisotopic (exact) mass is 431 g/mol. The summed E-state index contributed by atoms with van der Waals surface area (Å²) >= 11 is 13.2. The van der Waals surface area contributed by atoms with Crippen LogP contribution in [0.3, 0.4) is 0 Å². The van der Waals surface area contributed by atoms with Crippen LogP contribution in [0.4, 0.5) is 0 Å². The first-order valence-corrected chi connectivity index (χ1v) is 8.37. The average molecular weight is 434 g/mol. The van der Waals surface area contributed by atoms with Gasteiger partial charge in [0.2, 0.25) is 0 Å². The highest BCUT2D eigenvalue weighted by molar-refractivity contribution is 9.10. The molecule has 0 aliphatic heterocycles. The fraction of sp³-hybridized carbons (Fsp3) is 0.250. The molecular formula is C16H16Br2ClNO. The molecule has 0 heterocycles. The maximum atomic E-state index is 6.48. The third kappa shape index (κ3) is 3.29. The summed E-state index contributed by atoms with van der Waals surface area (Å²) in [6.45, 7) is 4.04. The molecule has 2 rings (SSSR count). The topological polar surface area (TPSA) is 35.2 Å². The number of halogens is 3. The first-order chi connectivity index (χ1) is 9.86. The van der Waals surface area contributed by atoms with Crippen molar-refractivity contribution in [3.05, 3.63) is 60.5 Å². The van der Waals surface area contributed by atoms with Crippen molar-refractivity contribution in [1.29, 1.82) is 0 Å². The maximum Gasteiger partial charge on any atom is 0.127 e. The zero-order valence-electron chi connectivity index (χ0n) is 12.0. The van der Waals surface area contributed by atoms with Crippen LogP contribution < -0.4 is 10.5 Å². The molecule has 112 valence electrons. The SMILES string of the molecule is COc1c(C)cc(Br)c(C)c1C(N)c1ccc(Br)c(Cl)c1. The molecule has 5 heteroatoms. The first-order valence-electron chi connectivity index (χ1n) is 6.41. The van der Waals surface area contributed by atoms with Gasteiger partial charge in [-0.25, -0.2) is 0 Å². The van der Waals surface area contributed by atoms with E-state index in [1.165, 1.54) is 0 Å². The highest BCUT2D eigenvalue weighted by Crippen LogP contribution is 2.38. The van der Waals surface area contributed by atoms with Gasteiger partial charge in [0.25, 0.3) is 0 Å². The van der Waals surface area contributed by atoms with Gasteiger partial charge < -0.3 is 10.5 Å². The highest BCUT2D eigenvalue weighted by atomic mass is 79.9. The minimum absolute atomic E-state index is 0.304. The number of rotatable bonds is 3. The summed E-state index contributed by atoms with van der Waals surface area (Å²) in [7, 11) is 1.67. The van der Waals surface area contributed by atoms with Gasteiger partial charge in [0.15, 0.2) is 0 Å². The third-order valence-corrected chi connectivity index (χ3v) is 5.58. The van der Waals surface area contributed by atoms with Crippen molar-refractivity contribution in [3.8, 4) is 5.75 Å². The van der Waals surface area contributed by atoms with Gasteiger partial charge in [-0.2, -0.15) is 0 Å². The van der Waals surface area contributed by atoms with Gasteiger partial charge in [0.05, 0.1) is 18.2 Å². The van der Waals surface area contributed by atoms with Crippen molar-refractivity contribution in [2.24, 2.45) is 5.73 Å². The summed E-state index contributed by atoms with van der Waals surface area (Å²) in [5, 5.41) is 0.645. The molecule has 21 heavy (non-hydrogen) atoms. The van der Waals surface area contributed by atoms with Crippen molar-refractivity contribution in [1.82, 2.24) is 0 Å². The van der Waals surface area contributed by atoms with Crippen LogP contribution in [0.1, 0.15) is 28.3 Å². The fourth-order valence-electron chi connectivity index (χ4n) is 2.39. The summed E-state index contributed by atoms with van der Waals surface area (Å²) in [6, 6.07) is 7.49. The van der Waals surface area contributed by atoms with Crippen molar-refractivity contribution >= 4 is 43.5 Å². The van der Waals surface area contributed by atoms with E-state index in [1.54, 1.807) is 7.11 Å². The standard InChI is InChI=1S/C16H16Br2ClNO/c1-8-6-12(18)9(2)14(16(8)21-3)15(20)10-4-5-11(17)13(19)7-10/h4-7,15H,20H2,1-3H3. The zero-order chi connectivity index (χ0) is 15.7. The minimum atomic E-state index is -0.304. The molecule has 0 aliphatic rings. The second kappa shape index (κ2) is 6.69. The molecule has 0 saturated carbocycles. The minimum Gasteiger partial charge on any atom is -0.496 e. The Hall–Kier alpha value is -0.550. The van der Waals surface area contributed by atoms with Crippen molar-refractivity contribution in [2.75, 3.05) is 7.11 Å². The first kappa shape index (κ1) is 16.8. The van der Waals surface area contributed by atoms with Gasteiger partial charge in [-0.1, -0.05) is 33.6 Å². The van der Waals surface area contributed by atoms with Crippen LogP contribution in [-0.2, 0) is 0 Å². The fourth-order valence-corrected chi connectivity index (χ4v) is 3.39. The molecule has 1 atom stereocenters. The van der Waals surface area contributed by atoms with E-state index in [1.807, 2.05) is 38.1 Å². The highest BCUT2D eigenvalue weighted by Gasteiger charge is 2.21.